The summed E-state index contributed by atoms with van der Waals surface area (Å²) in [7, 11) is 0. The van der Waals surface area contributed by atoms with Gasteiger partial charge in [-0.05, 0) is 32.1 Å². The average molecular weight is 721 g/mol. The Bertz CT molecular complexity index is 1060. The molecule has 19 heteroatoms. The number of unbranched alkanes of at least 4 members (excludes halogenated alkanes) is 2. The molecule has 0 aromatic carbocycles. The number of nitrogens with two attached hydrogens (primary N) is 1. The van der Waals surface area contributed by atoms with E-state index in [4.69, 9.17) is 24.7 Å². The molecule has 2 saturated heterocycles. The maximum absolute atomic E-state index is 12.3. The van der Waals surface area contributed by atoms with Crippen molar-refractivity contribution in [1.29, 1.82) is 0 Å². The first-order valence-electron chi connectivity index (χ1n) is 16.6. The topological polar surface area (TPSA) is 266 Å². The van der Waals surface area contributed by atoms with Crippen LogP contribution >= 0.6 is 11.8 Å². The molecule has 49 heavy (non-hydrogen) atoms. The lowest BCUT2D eigenvalue weighted by Gasteiger charge is -2.17. The molecular weight excluding hydrogens is 668 g/mol. The Balaban J connectivity index is 1.51. The van der Waals surface area contributed by atoms with Crippen molar-refractivity contribution in [1.82, 2.24) is 26.6 Å². The highest BCUT2D eigenvalue weighted by molar-refractivity contribution is 8.00. The number of carboxylic acids is 2. The number of carbonyl (C=O) groups excluding carboxylic acids is 4. The summed E-state index contributed by atoms with van der Waals surface area (Å²) in [4.78, 5) is 71.5. The maximum atomic E-state index is 12.3. The number of fused-ring (bicyclic) bond motifs is 1. The molecule has 280 valence electrons. The van der Waals surface area contributed by atoms with Crippen LogP contribution in [0.1, 0.15) is 51.4 Å². The molecule has 0 bridgehead atoms. The number of amides is 5. The highest BCUT2D eigenvalue weighted by atomic mass is 32.2. The van der Waals surface area contributed by atoms with E-state index in [-0.39, 0.29) is 62.6 Å². The van der Waals surface area contributed by atoms with Crippen LogP contribution in [0.4, 0.5) is 4.79 Å². The van der Waals surface area contributed by atoms with Crippen molar-refractivity contribution in [3.05, 3.63) is 0 Å². The zero-order chi connectivity index (χ0) is 35.9. The summed E-state index contributed by atoms with van der Waals surface area (Å²) >= 11 is 1.78. The molecule has 0 radical (unpaired) electrons. The van der Waals surface area contributed by atoms with E-state index in [0.29, 0.717) is 58.8 Å². The lowest BCUT2D eigenvalue weighted by molar-refractivity contribution is -0.143. The Hall–Kier alpha value is -3.23. The standard InChI is InChI=1S/C30H52N6O12S/c31-8-10-45-11-12-46-13-14-47-15-16-48-18-26(39)33-20(28(40)41)5-3-4-9-32-25(38)17-21(29(42)43)34-24(37)7-2-1-6-23-27-22(19-49-23)35-30(44)36-27/h20-23,27H,1-19,31H2,(H,32,38)(H,33,39)(H,34,37)(H,40,41)(H,42,43)(H2,35,36,44)/t20-,21+,22-,23-,27-/m0/s1. The second kappa shape index (κ2) is 24.8. The summed E-state index contributed by atoms with van der Waals surface area (Å²) in [5.74, 6) is -3.32. The third-order valence-corrected chi connectivity index (χ3v) is 9.10. The molecule has 2 fully saturated rings. The van der Waals surface area contributed by atoms with Gasteiger partial charge in [-0.1, -0.05) is 6.42 Å². The number of thioether (sulfide) groups is 1. The first-order valence-corrected chi connectivity index (χ1v) is 17.7. The van der Waals surface area contributed by atoms with Gasteiger partial charge in [-0.25, -0.2) is 14.4 Å². The number of rotatable bonds is 29. The second-order valence-electron chi connectivity index (χ2n) is 11.5. The molecule has 2 aliphatic heterocycles. The fraction of sp³-hybridized carbons (Fsp3) is 0.800. The van der Waals surface area contributed by atoms with Crippen LogP contribution in [0.25, 0.3) is 0 Å². The minimum Gasteiger partial charge on any atom is -0.480 e. The summed E-state index contributed by atoms with van der Waals surface area (Å²) < 4.78 is 21.0. The number of carbonyl (C=O) groups is 6. The lowest BCUT2D eigenvalue weighted by Crippen LogP contribution is -2.44. The predicted octanol–water partition coefficient (Wildman–Crippen LogP) is -1.45. The van der Waals surface area contributed by atoms with E-state index in [0.717, 1.165) is 18.6 Å². The molecule has 0 aromatic rings. The number of carboxylic acid groups (broad SMARTS) is 2. The molecule has 9 N–H and O–H groups in total. The van der Waals surface area contributed by atoms with Gasteiger partial charge in [-0.3, -0.25) is 14.4 Å². The zero-order valence-electron chi connectivity index (χ0n) is 27.8. The number of hydrogen-bond acceptors (Lipinski definition) is 12. The third-order valence-electron chi connectivity index (χ3n) is 7.59. The molecule has 2 rings (SSSR count). The molecule has 0 saturated carbocycles. The molecule has 5 amide bonds. The van der Waals surface area contributed by atoms with Gasteiger partial charge in [0.15, 0.2) is 0 Å². The van der Waals surface area contributed by atoms with Crippen LogP contribution in [0.15, 0.2) is 0 Å². The van der Waals surface area contributed by atoms with Gasteiger partial charge < -0.3 is 61.5 Å². The van der Waals surface area contributed by atoms with E-state index < -0.39 is 48.2 Å². The van der Waals surface area contributed by atoms with Gasteiger partial charge in [0, 0.05) is 30.5 Å². The average Bonchev–Trinajstić information content (AvgIpc) is 3.61. The Kier molecular flexibility index (Phi) is 21.3. The monoisotopic (exact) mass is 720 g/mol. The molecule has 0 aliphatic carbocycles. The number of nitrogens with one attached hydrogen (secondary N) is 5. The fourth-order valence-corrected chi connectivity index (χ4v) is 6.64. The van der Waals surface area contributed by atoms with Gasteiger partial charge in [-0.15, -0.1) is 0 Å². The maximum Gasteiger partial charge on any atom is 0.326 e. The Labute approximate surface area is 290 Å². The molecular formula is C30H52N6O12S. The van der Waals surface area contributed by atoms with Crippen molar-refractivity contribution in [2.24, 2.45) is 5.73 Å². The highest BCUT2D eigenvalue weighted by Crippen LogP contribution is 2.33. The highest BCUT2D eigenvalue weighted by Gasteiger charge is 2.42. The molecule has 0 spiro atoms. The minimum atomic E-state index is -1.38. The van der Waals surface area contributed by atoms with E-state index >= 15 is 0 Å². The van der Waals surface area contributed by atoms with Crippen molar-refractivity contribution in [2.45, 2.75) is 80.8 Å². The summed E-state index contributed by atoms with van der Waals surface area (Å²) in [5, 5.41) is 32.4. The van der Waals surface area contributed by atoms with Crippen molar-refractivity contribution in [3.63, 3.8) is 0 Å². The van der Waals surface area contributed by atoms with Gasteiger partial charge in [0.2, 0.25) is 17.7 Å². The van der Waals surface area contributed by atoms with Crippen LogP contribution in [0.5, 0.6) is 0 Å². The number of ether oxygens (including phenoxy) is 4. The van der Waals surface area contributed by atoms with E-state index in [9.17, 15) is 39.0 Å². The fourth-order valence-electron chi connectivity index (χ4n) is 5.10. The van der Waals surface area contributed by atoms with Crippen molar-refractivity contribution < 1.29 is 57.9 Å². The third kappa shape index (κ3) is 18.4. The van der Waals surface area contributed by atoms with E-state index in [1.54, 1.807) is 11.8 Å². The van der Waals surface area contributed by atoms with Gasteiger partial charge in [0.05, 0.1) is 64.8 Å². The zero-order valence-corrected chi connectivity index (χ0v) is 28.6. The Morgan fingerprint density at radius 1 is 0.796 bits per heavy atom. The normalized spacial score (nSPS) is 19.3. The summed E-state index contributed by atoms with van der Waals surface area (Å²) in [6, 6.07) is -2.47. The quantitative estimate of drug-likeness (QED) is 0.0325. The molecule has 2 heterocycles. The van der Waals surface area contributed by atoms with Crippen LogP contribution in [0.2, 0.25) is 0 Å². The van der Waals surface area contributed by atoms with Crippen LogP contribution in [0.3, 0.4) is 0 Å². The Morgan fingerprint density at radius 3 is 2.08 bits per heavy atom. The second-order valence-corrected chi connectivity index (χ2v) is 12.8. The summed E-state index contributed by atoms with van der Waals surface area (Å²) in [5.41, 5.74) is 5.31. The van der Waals surface area contributed by atoms with E-state index in [1.807, 2.05) is 0 Å². The van der Waals surface area contributed by atoms with Crippen molar-refractivity contribution in [2.75, 3.05) is 71.7 Å². The molecule has 2 aliphatic rings. The van der Waals surface area contributed by atoms with E-state index in [1.165, 1.54) is 0 Å². The molecule has 0 unspecified atom stereocenters. The molecule has 5 atom stereocenters. The van der Waals surface area contributed by atoms with Gasteiger partial charge >= 0.3 is 18.0 Å². The van der Waals surface area contributed by atoms with Crippen molar-refractivity contribution in [3.8, 4) is 0 Å². The number of aliphatic carboxylic acids is 2. The molecule has 0 aromatic heterocycles. The number of urea groups is 1. The van der Waals surface area contributed by atoms with Crippen LogP contribution in [-0.2, 0) is 42.9 Å². The molecule has 18 nitrogen and oxygen atoms in total. The largest absolute Gasteiger partial charge is 0.480 e. The van der Waals surface area contributed by atoms with Crippen LogP contribution < -0.4 is 32.3 Å². The predicted molar refractivity (Wildman–Crippen MR) is 177 cm³/mol. The Morgan fingerprint density at radius 2 is 1.43 bits per heavy atom. The first-order chi connectivity index (χ1) is 23.6. The summed E-state index contributed by atoms with van der Waals surface area (Å²) in [6.07, 6.45) is 2.62. The first kappa shape index (κ1) is 41.9. The minimum absolute atomic E-state index is 0.0819. The smallest absolute Gasteiger partial charge is 0.326 e. The van der Waals surface area contributed by atoms with Crippen LogP contribution in [-0.4, -0.2) is 147 Å². The number of hydrogen-bond donors (Lipinski definition) is 8. The SMILES string of the molecule is NCCOCCOCCOCCOCC(=O)N[C@@H](CCCCNC(=O)C[C@@H](NC(=O)CCCC[C@@H]1SC[C@@H]2NC(=O)N[C@@H]21)C(=O)O)C(=O)O. The van der Waals surface area contributed by atoms with Gasteiger partial charge in [-0.2, -0.15) is 11.8 Å². The van der Waals surface area contributed by atoms with Crippen LogP contribution in [0, 0.1) is 0 Å². The van der Waals surface area contributed by atoms with Gasteiger partial charge in [0.25, 0.3) is 0 Å². The summed E-state index contributed by atoms with van der Waals surface area (Å²) in [6.45, 7) is 2.73. The van der Waals surface area contributed by atoms with Crippen molar-refractivity contribution >= 4 is 47.5 Å². The van der Waals surface area contributed by atoms with E-state index in [2.05, 4.69) is 26.6 Å². The van der Waals surface area contributed by atoms with Gasteiger partial charge in [0.1, 0.15) is 18.7 Å². The lowest BCUT2D eigenvalue weighted by atomic mass is 10.0.